The first-order valence-electron chi connectivity index (χ1n) is 6.42. The number of nitrogens with one attached hydrogen (secondary N) is 2. The van der Waals surface area contributed by atoms with Crippen LogP contribution in [0.3, 0.4) is 0 Å². The molecule has 0 atom stereocenters. The number of nitrogens with two attached hydrogens (primary N) is 1. The van der Waals surface area contributed by atoms with Gasteiger partial charge in [0.2, 0.25) is 0 Å². The Bertz CT molecular complexity index is 492. The SMILES string of the molecule is COc1ccc(Cc2[nH]ncc2NCCCN)cc1. The molecule has 1 aromatic heterocycles. The zero-order valence-corrected chi connectivity index (χ0v) is 11.1. The fourth-order valence-corrected chi connectivity index (χ4v) is 1.87. The predicted molar refractivity (Wildman–Crippen MR) is 76.5 cm³/mol. The van der Waals surface area contributed by atoms with Crippen molar-refractivity contribution in [3.8, 4) is 5.75 Å². The van der Waals surface area contributed by atoms with Gasteiger partial charge in [0, 0.05) is 13.0 Å². The molecule has 19 heavy (non-hydrogen) atoms. The van der Waals surface area contributed by atoms with Crippen LogP contribution in [0, 0.1) is 0 Å². The lowest BCUT2D eigenvalue weighted by Crippen LogP contribution is -2.09. The van der Waals surface area contributed by atoms with Gasteiger partial charge in [-0.2, -0.15) is 5.10 Å². The molecule has 0 aliphatic carbocycles. The standard InChI is InChI=1S/C14H20N4O/c1-19-12-5-3-11(4-6-12)9-13-14(10-17-18-13)16-8-2-7-15/h3-6,10,16H,2,7-9,15H2,1H3,(H,17,18). The molecular weight excluding hydrogens is 240 g/mol. The molecule has 4 N–H and O–H groups in total. The normalized spacial score (nSPS) is 10.4. The maximum Gasteiger partial charge on any atom is 0.118 e. The Kier molecular flexibility index (Phi) is 4.80. The highest BCUT2D eigenvalue weighted by Gasteiger charge is 2.05. The van der Waals surface area contributed by atoms with Crippen LogP contribution in [0.25, 0.3) is 0 Å². The summed E-state index contributed by atoms with van der Waals surface area (Å²) in [5, 5.41) is 10.5. The Morgan fingerprint density at radius 2 is 2.11 bits per heavy atom. The van der Waals surface area contributed by atoms with Crippen molar-refractivity contribution in [1.29, 1.82) is 0 Å². The molecule has 0 radical (unpaired) electrons. The summed E-state index contributed by atoms with van der Waals surface area (Å²) in [6.07, 6.45) is 3.58. The number of anilines is 1. The second kappa shape index (κ2) is 6.80. The second-order valence-electron chi connectivity index (χ2n) is 4.36. The van der Waals surface area contributed by atoms with E-state index in [-0.39, 0.29) is 0 Å². The first-order valence-corrected chi connectivity index (χ1v) is 6.42. The van der Waals surface area contributed by atoms with E-state index in [1.165, 1.54) is 5.56 Å². The van der Waals surface area contributed by atoms with Crippen LogP contribution in [0.15, 0.2) is 30.5 Å². The largest absolute Gasteiger partial charge is 0.497 e. The minimum Gasteiger partial charge on any atom is -0.497 e. The van der Waals surface area contributed by atoms with Gasteiger partial charge < -0.3 is 15.8 Å². The van der Waals surface area contributed by atoms with Crippen molar-refractivity contribution in [2.45, 2.75) is 12.8 Å². The van der Waals surface area contributed by atoms with Crippen LogP contribution in [0.4, 0.5) is 5.69 Å². The van der Waals surface area contributed by atoms with Gasteiger partial charge in [-0.25, -0.2) is 0 Å². The number of aromatic amines is 1. The van der Waals surface area contributed by atoms with E-state index in [1.54, 1.807) is 7.11 Å². The second-order valence-corrected chi connectivity index (χ2v) is 4.36. The number of hydrogen-bond donors (Lipinski definition) is 3. The molecule has 102 valence electrons. The summed E-state index contributed by atoms with van der Waals surface area (Å²) in [7, 11) is 1.67. The molecule has 0 aliphatic rings. The zero-order valence-electron chi connectivity index (χ0n) is 11.1. The number of rotatable bonds is 7. The smallest absolute Gasteiger partial charge is 0.118 e. The van der Waals surface area contributed by atoms with Crippen molar-refractivity contribution in [3.63, 3.8) is 0 Å². The number of methoxy groups -OCH3 is 1. The minimum atomic E-state index is 0.693. The molecule has 5 nitrogen and oxygen atoms in total. The van der Waals surface area contributed by atoms with Gasteiger partial charge in [0.25, 0.3) is 0 Å². The summed E-state index contributed by atoms with van der Waals surface area (Å²) >= 11 is 0. The van der Waals surface area contributed by atoms with Crippen molar-refractivity contribution in [3.05, 3.63) is 41.7 Å². The van der Waals surface area contributed by atoms with Crippen LogP contribution in [0.2, 0.25) is 0 Å². The summed E-state index contributed by atoms with van der Waals surface area (Å²) in [5.41, 5.74) is 8.83. The Morgan fingerprint density at radius 3 is 2.79 bits per heavy atom. The molecule has 0 saturated heterocycles. The molecule has 2 aromatic rings. The van der Waals surface area contributed by atoms with Crippen LogP contribution in [-0.4, -0.2) is 30.4 Å². The van der Waals surface area contributed by atoms with Gasteiger partial charge in [-0.1, -0.05) is 12.1 Å². The van der Waals surface area contributed by atoms with Crippen LogP contribution in [0.5, 0.6) is 5.75 Å². The predicted octanol–water partition coefficient (Wildman–Crippen LogP) is 1.77. The van der Waals surface area contributed by atoms with Crippen molar-refractivity contribution in [2.24, 2.45) is 5.73 Å². The van der Waals surface area contributed by atoms with Crippen LogP contribution in [-0.2, 0) is 6.42 Å². The third-order valence-electron chi connectivity index (χ3n) is 2.95. The van der Waals surface area contributed by atoms with Gasteiger partial charge in [0.1, 0.15) is 5.75 Å². The van der Waals surface area contributed by atoms with Crippen molar-refractivity contribution >= 4 is 5.69 Å². The third-order valence-corrected chi connectivity index (χ3v) is 2.95. The molecule has 0 fully saturated rings. The fraction of sp³-hybridized carbons (Fsp3) is 0.357. The number of benzene rings is 1. The highest BCUT2D eigenvalue weighted by atomic mass is 16.5. The molecule has 0 aliphatic heterocycles. The number of H-pyrrole nitrogens is 1. The molecule has 5 heteroatoms. The molecule has 0 saturated carbocycles. The van der Waals surface area contributed by atoms with E-state index in [2.05, 4.69) is 27.6 Å². The van der Waals surface area contributed by atoms with E-state index >= 15 is 0 Å². The number of ether oxygens (including phenoxy) is 1. The molecule has 0 spiro atoms. The third kappa shape index (κ3) is 3.72. The highest BCUT2D eigenvalue weighted by molar-refractivity contribution is 5.48. The number of hydrogen-bond acceptors (Lipinski definition) is 4. The van der Waals surface area contributed by atoms with Gasteiger partial charge in [-0.15, -0.1) is 0 Å². The first kappa shape index (κ1) is 13.4. The Labute approximate surface area is 113 Å². The lowest BCUT2D eigenvalue weighted by molar-refractivity contribution is 0.414. The van der Waals surface area contributed by atoms with E-state index in [0.29, 0.717) is 6.54 Å². The summed E-state index contributed by atoms with van der Waals surface area (Å²) in [5.74, 6) is 0.870. The van der Waals surface area contributed by atoms with Crippen molar-refractivity contribution < 1.29 is 4.74 Å². The maximum atomic E-state index is 5.48. The van der Waals surface area contributed by atoms with E-state index in [1.807, 2.05) is 18.3 Å². The minimum absolute atomic E-state index is 0.693. The van der Waals surface area contributed by atoms with E-state index in [4.69, 9.17) is 10.5 Å². The Hall–Kier alpha value is -2.01. The van der Waals surface area contributed by atoms with Gasteiger partial charge >= 0.3 is 0 Å². The molecule has 1 aromatic carbocycles. The van der Waals surface area contributed by atoms with Crippen molar-refractivity contribution in [2.75, 3.05) is 25.5 Å². The van der Waals surface area contributed by atoms with Crippen LogP contribution in [0.1, 0.15) is 17.7 Å². The maximum absolute atomic E-state index is 5.48. The van der Waals surface area contributed by atoms with Crippen molar-refractivity contribution in [1.82, 2.24) is 10.2 Å². The van der Waals surface area contributed by atoms with Gasteiger partial charge in [-0.05, 0) is 30.7 Å². The lowest BCUT2D eigenvalue weighted by atomic mass is 10.1. The number of aromatic nitrogens is 2. The highest BCUT2D eigenvalue weighted by Crippen LogP contribution is 2.18. The fourth-order valence-electron chi connectivity index (χ4n) is 1.87. The average molecular weight is 260 g/mol. The molecule has 0 bridgehead atoms. The molecule has 0 unspecified atom stereocenters. The summed E-state index contributed by atoms with van der Waals surface area (Å²) < 4.78 is 5.15. The zero-order chi connectivity index (χ0) is 13.5. The molecule has 0 amide bonds. The van der Waals surface area contributed by atoms with Crippen LogP contribution >= 0.6 is 0 Å². The molecule has 1 heterocycles. The van der Waals surface area contributed by atoms with E-state index in [9.17, 15) is 0 Å². The average Bonchev–Trinajstić information content (AvgIpc) is 2.87. The first-order chi connectivity index (χ1) is 9.33. The van der Waals surface area contributed by atoms with Crippen LogP contribution < -0.4 is 15.8 Å². The lowest BCUT2D eigenvalue weighted by Gasteiger charge is -2.07. The van der Waals surface area contributed by atoms with Gasteiger partial charge in [-0.3, -0.25) is 5.10 Å². The summed E-state index contributed by atoms with van der Waals surface area (Å²) in [4.78, 5) is 0. The summed E-state index contributed by atoms with van der Waals surface area (Å²) in [6, 6.07) is 8.05. The topological polar surface area (TPSA) is 76.0 Å². The van der Waals surface area contributed by atoms with E-state index in [0.717, 1.165) is 36.5 Å². The van der Waals surface area contributed by atoms with E-state index < -0.39 is 0 Å². The summed E-state index contributed by atoms with van der Waals surface area (Å²) in [6.45, 7) is 1.56. The molecular formula is C14H20N4O. The Balaban J connectivity index is 1.99. The monoisotopic (exact) mass is 260 g/mol. The quantitative estimate of drug-likeness (QED) is 0.663. The Morgan fingerprint density at radius 1 is 1.32 bits per heavy atom. The van der Waals surface area contributed by atoms with Gasteiger partial charge in [0.15, 0.2) is 0 Å². The molecule has 2 rings (SSSR count). The van der Waals surface area contributed by atoms with Gasteiger partial charge in [0.05, 0.1) is 24.7 Å². The number of nitrogens with zero attached hydrogens (tertiary/aromatic N) is 1.